The maximum atomic E-state index is 12.8. The summed E-state index contributed by atoms with van der Waals surface area (Å²) in [5, 5.41) is 1.58. The first-order valence-corrected chi connectivity index (χ1v) is 8.75. The zero-order valence-corrected chi connectivity index (χ0v) is 15.3. The summed E-state index contributed by atoms with van der Waals surface area (Å²) in [5.41, 5.74) is 5.74. The Labute approximate surface area is 151 Å². The Balaban J connectivity index is 0.00000192. The molecule has 2 heterocycles. The van der Waals surface area contributed by atoms with Crippen LogP contribution in [0.4, 0.5) is 10.7 Å². The summed E-state index contributed by atoms with van der Waals surface area (Å²) in [5.74, 6) is 0.828. The van der Waals surface area contributed by atoms with Crippen LogP contribution < -0.4 is 23.0 Å². The fourth-order valence-electron chi connectivity index (χ4n) is 2.81. The van der Waals surface area contributed by atoms with E-state index in [-0.39, 0.29) is 18.2 Å². The number of carbonyl (C=O) groups excluding carboxylic acids is 1. The molecule has 1 aliphatic heterocycles. The highest BCUT2D eigenvalue weighted by Gasteiger charge is 2.25. The van der Waals surface area contributed by atoms with E-state index >= 15 is 0 Å². The first kappa shape index (κ1) is 18.3. The molecule has 124 valence electrons. The Morgan fingerprint density at radius 3 is 2.48 bits per heavy atom. The van der Waals surface area contributed by atoms with Gasteiger partial charge in [0.1, 0.15) is 4.88 Å². The van der Waals surface area contributed by atoms with Gasteiger partial charge in [-0.3, -0.25) is 4.79 Å². The Hall–Kier alpha value is -1.07. The molecule has 1 aromatic heterocycles. The average Bonchev–Trinajstić information content (AvgIpc) is 2.90. The van der Waals surface area contributed by atoms with Crippen molar-refractivity contribution in [3.05, 3.63) is 45.8 Å². The normalized spacial score (nSPS) is 15.3. The molecule has 1 saturated heterocycles. The van der Waals surface area contributed by atoms with Crippen molar-refractivity contribution in [1.82, 2.24) is 0 Å². The number of thiophene rings is 1. The van der Waals surface area contributed by atoms with Gasteiger partial charge >= 0.3 is 0 Å². The number of hydrogen-bond acceptors (Lipinski definition) is 3. The van der Waals surface area contributed by atoms with Crippen LogP contribution in [-0.4, -0.2) is 18.9 Å². The van der Waals surface area contributed by atoms with E-state index in [1.165, 1.54) is 24.2 Å². The summed E-state index contributed by atoms with van der Waals surface area (Å²) >= 11 is 7.39. The minimum Gasteiger partial charge on any atom is -1.00 e. The van der Waals surface area contributed by atoms with Gasteiger partial charge in [-0.05, 0) is 43.0 Å². The van der Waals surface area contributed by atoms with Gasteiger partial charge in [-0.25, -0.2) is 0 Å². The zero-order chi connectivity index (χ0) is 15.7. The van der Waals surface area contributed by atoms with Crippen molar-refractivity contribution in [3.8, 4) is 0 Å². The number of hydrogen-bond donors (Lipinski definition) is 1. The van der Waals surface area contributed by atoms with E-state index in [1.54, 1.807) is 24.3 Å². The van der Waals surface area contributed by atoms with Crippen molar-refractivity contribution < 1.29 is 22.9 Å². The van der Waals surface area contributed by atoms with E-state index < -0.39 is 0 Å². The number of nitrogens with zero attached hydrogens (tertiary/aromatic N) is 1. The Morgan fingerprint density at radius 2 is 1.87 bits per heavy atom. The Morgan fingerprint density at radius 1 is 1.26 bits per heavy atom. The largest absolute Gasteiger partial charge is 1.00 e. The highest BCUT2D eigenvalue weighted by Crippen LogP contribution is 2.35. The molecule has 0 unspecified atom stereocenters. The minimum absolute atomic E-state index is 0. The van der Waals surface area contributed by atoms with Crippen LogP contribution in [0.2, 0.25) is 5.02 Å². The summed E-state index contributed by atoms with van der Waals surface area (Å²) in [6.07, 6.45) is 2.35. The molecule has 6 heteroatoms. The van der Waals surface area contributed by atoms with E-state index in [1.807, 2.05) is 6.07 Å². The van der Waals surface area contributed by atoms with Crippen molar-refractivity contribution in [1.29, 1.82) is 0 Å². The van der Waals surface area contributed by atoms with Crippen LogP contribution in [0.5, 0.6) is 0 Å². The number of piperidine rings is 1. The monoisotopic (exact) mass is 370 g/mol. The zero-order valence-electron chi connectivity index (χ0n) is 13.0. The smallest absolute Gasteiger partial charge is 0.205 e. The second-order valence-electron chi connectivity index (χ2n) is 5.93. The third-order valence-corrected chi connectivity index (χ3v) is 5.43. The molecule has 0 radical (unpaired) electrons. The highest BCUT2D eigenvalue weighted by molar-refractivity contribution is 7.17. The van der Waals surface area contributed by atoms with Crippen molar-refractivity contribution in [2.75, 3.05) is 18.0 Å². The molecule has 3 N–H and O–H groups in total. The number of benzene rings is 1. The second kappa shape index (κ2) is 7.67. The number of quaternary nitrogens is 1. The number of ketones is 1. The molecule has 0 amide bonds. The summed E-state index contributed by atoms with van der Waals surface area (Å²) < 4.78 is 0. The molecule has 0 saturated carbocycles. The Kier molecular flexibility index (Phi) is 6.09. The number of anilines is 1. The van der Waals surface area contributed by atoms with Crippen molar-refractivity contribution in [3.63, 3.8) is 0 Å². The van der Waals surface area contributed by atoms with Gasteiger partial charge in [-0.1, -0.05) is 29.9 Å². The molecule has 1 fully saturated rings. The molecule has 2 aromatic rings. The molecule has 3 rings (SSSR count). The van der Waals surface area contributed by atoms with Crippen LogP contribution in [-0.2, 0) is 0 Å². The molecule has 0 aliphatic carbocycles. The lowest BCUT2D eigenvalue weighted by Crippen LogP contribution is -3.00. The molecule has 1 aromatic carbocycles. The SMILES string of the molecule is CC1CCN(c2cc([NH3+])sc2C(=O)c2ccc(Cl)cc2)CC1.[Cl-]. The summed E-state index contributed by atoms with van der Waals surface area (Å²) in [4.78, 5) is 15.9. The Bertz CT molecular complexity index is 676. The van der Waals surface area contributed by atoms with Crippen LogP contribution >= 0.6 is 22.9 Å². The van der Waals surface area contributed by atoms with Crippen molar-refractivity contribution in [2.45, 2.75) is 19.8 Å². The van der Waals surface area contributed by atoms with Crippen molar-refractivity contribution in [2.24, 2.45) is 5.92 Å². The van der Waals surface area contributed by atoms with Gasteiger partial charge < -0.3 is 23.0 Å². The molecule has 0 bridgehead atoms. The van der Waals surface area contributed by atoms with Gasteiger partial charge in [0.25, 0.3) is 0 Å². The standard InChI is InChI=1S/C17H19ClN2OS.ClH/c1-11-6-8-20(9-7-11)14-10-15(19)22-17(14)16(21)12-2-4-13(18)5-3-12;/h2-5,10-11H,6-9,19H2,1H3;1H. The molecule has 1 aliphatic rings. The number of halogens is 2. The van der Waals surface area contributed by atoms with Crippen LogP contribution in [0.15, 0.2) is 30.3 Å². The van der Waals surface area contributed by atoms with E-state index in [0.717, 1.165) is 34.6 Å². The summed E-state index contributed by atoms with van der Waals surface area (Å²) in [6, 6.07) is 9.14. The van der Waals surface area contributed by atoms with E-state index in [0.29, 0.717) is 10.6 Å². The molecule has 0 spiro atoms. The van der Waals surface area contributed by atoms with E-state index in [4.69, 9.17) is 11.6 Å². The van der Waals surface area contributed by atoms with Crippen LogP contribution in [0, 0.1) is 5.92 Å². The van der Waals surface area contributed by atoms with Crippen LogP contribution in [0.25, 0.3) is 0 Å². The molecular weight excluding hydrogens is 351 g/mol. The summed E-state index contributed by atoms with van der Waals surface area (Å²) in [7, 11) is 0. The molecular formula is C17H20Cl2N2OS. The van der Waals surface area contributed by atoms with Crippen molar-refractivity contribution >= 4 is 39.4 Å². The first-order chi connectivity index (χ1) is 10.5. The van der Waals surface area contributed by atoms with E-state index in [2.05, 4.69) is 17.6 Å². The van der Waals surface area contributed by atoms with Crippen LogP contribution in [0.3, 0.4) is 0 Å². The predicted octanol–water partition coefficient (Wildman–Crippen LogP) is 0.746. The van der Waals surface area contributed by atoms with Gasteiger partial charge in [0.15, 0.2) is 5.00 Å². The first-order valence-electron chi connectivity index (χ1n) is 7.55. The molecule has 3 nitrogen and oxygen atoms in total. The van der Waals surface area contributed by atoms with Gasteiger partial charge in [0.05, 0.1) is 5.69 Å². The lowest BCUT2D eigenvalue weighted by Gasteiger charge is -2.31. The van der Waals surface area contributed by atoms with Gasteiger partial charge in [0.2, 0.25) is 5.78 Å². The second-order valence-corrected chi connectivity index (χ2v) is 7.51. The third kappa shape index (κ3) is 4.07. The summed E-state index contributed by atoms with van der Waals surface area (Å²) in [6.45, 7) is 4.31. The predicted molar refractivity (Wildman–Crippen MR) is 92.4 cm³/mol. The minimum atomic E-state index is 0. The quantitative estimate of drug-likeness (QED) is 0.810. The lowest BCUT2D eigenvalue weighted by atomic mass is 9.98. The maximum Gasteiger partial charge on any atom is 0.205 e. The van der Waals surface area contributed by atoms with Gasteiger partial charge in [-0.2, -0.15) is 0 Å². The highest BCUT2D eigenvalue weighted by atomic mass is 35.5. The number of rotatable bonds is 3. The van der Waals surface area contributed by atoms with Gasteiger partial charge in [-0.15, -0.1) is 0 Å². The fraction of sp³-hybridized carbons (Fsp3) is 0.353. The average molecular weight is 371 g/mol. The lowest BCUT2D eigenvalue weighted by molar-refractivity contribution is -0.248. The molecule has 23 heavy (non-hydrogen) atoms. The topological polar surface area (TPSA) is 48.0 Å². The van der Waals surface area contributed by atoms with E-state index in [9.17, 15) is 4.79 Å². The third-order valence-electron chi connectivity index (χ3n) is 4.20. The number of carbonyl (C=O) groups is 1. The van der Waals surface area contributed by atoms with Gasteiger partial charge in [0, 0.05) is 29.7 Å². The molecule has 0 atom stereocenters. The fourth-order valence-corrected chi connectivity index (χ4v) is 3.87. The maximum absolute atomic E-state index is 12.8. The van der Waals surface area contributed by atoms with Crippen LogP contribution in [0.1, 0.15) is 35.0 Å².